The lowest BCUT2D eigenvalue weighted by Crippen LogP contribution is -2.30. The highest BCUT2D eigenvalue weighted by atomic mass is 79.9. The molecule has 9 heteroatoms. The molecular weight excluding hydrogens is 504 g/mol. The fourth-order valence-corrected chi connectivity index (χ4v) is 3.41. The van der Waals surface area contributed by atoms with Gasteiger partial charge in [-0.05, 0) is 70.0 Å². The number of carboxylic acid groups (broad SMARTS) is 1. The summed E-state index contributed by atoms with van der Waals surface area (Å²) in [6.45, 7) is 0. The van der Waals surface area contributed by atoms with Crippen LogP contribution in [0.4, 0.5) is 5.69 Å². The summed E-state index contributed by atoms with van der Waals surface area (Å²) in [6, 6.07) is 17.7. The molecule has 0 saturated heterocycles. The highest BCUT2D eigenvalue weighted by molar-refractivity contribution is 9.10. The molecular formula is C25H21BrN2O6. The monoisotopic (exact) mass is 524 g/mol. The molecule has 0 bridgehead atoms. The van der Waals surface area contributed by atoms with Crippen molar-refractivity contribution in [2.75, 3.05) is 19.5 Å². The van der Waals surface area contributed by atoms with Crippen molar-refractivity contribution in [1.29, 1.82) is 0 Å². The van der Waals surface area contributed by atoms with E-state index in [1.807, 2.05) is 0 Å². The summed E-state index contributed by atoms with van der Waals surface area (Å²) >= 11 is 3.38. The van der Waals surface area contributed by atoms with Crippen molar-refractivity contribution in [2.24, 2.45) is 0 Å². The second-order valence-corrected chi connectivity index (χ2v) is 7.80. The van der Waals surface area contributed by atoms with Crippen LogP contribution < -0.4 is 20.1 Å². The number of amides is 2. The van der Waals surface area contributed by atoms with E-state index in [1.165, 1.54) is 38.5 Å². The summed E-state index contributed by atoms with van der Waals surface area (Å²) in [7, 11) is 2.91. The first-order valence-electron chi connectivity index (χ1n) is 9.96. The number of halogens is 1. The van der Waals surface area contributed by atoms with Crippen molar-refractivity contribution >= 4 is 45.5 Å². The van der Waals surface area contributed by atoms with Gasteiger partial charge in [-0.2, -0.15) is 0 Å². The fraction of sp³-hybridized carbons (Fsp3) is 0.0800. The maximum absolute atomic E-state index is 13.2. The van der Waals surface area contributed by atoms with Crippen molar-refractivity contribution < 1.29 is 29.0 Å². The van der Waals surface area contributed by atoms with Gasteiger partial charge in [0.2, 0.25) is 0 Å². The molecule has 34 heavy (non-hydrogen) atoms. The average Bonchev–Trinajstić information content (AvgIpc) is 2.85. The molecule has 2 amide bonds. The first-order chi connectivity index (χ1) is 16.3. The molecule has 0 aliphatic rings. The fourth-order valence-electron chi connectivity index (χ4n) is 3.00. The second-order valence-electron chi connectivity index (χ2n) is 6.95. The number of carbonyl (C=O) groups excluding carboxylic acids is 2. The normalized spacial score (nSPS) is 10.9. The molecule has 0 saturated carbocycles. The van der Waals surface area contributed by atoms with Crippen LogP contribution in [0.25, 0.3) is 6.08 Å². The van der Waals surface area contributed by atoms with Gasteiger partial charge in [0.15, 0.2) is 0 Å². The van der Waals surface area contributed by atoms with E-state index in [9.17, 15) is 19.5 Å². The van der Waals surface area contributed by atoms with Crippen molar-refractivity contribution in [2.45, 2.75) is 0 Å². The number of anilines is 1. The molecule has 8 nitrogen and oxygen atoms in total. The van der Waals surface area contributed by atoms with Crippen LogP contribution in [-0.2, 0) is 4.79 Å². The summed E-state index contributed by atoms with van der Waals surface area (Å²) in [4.78, 5) is 37.4. The Hall–Kier alpha value is -4.11. The van der Waals surface area contributed by atoms with E-state index in [2.05, 4.69) is 26.6 Å². The summed E-state index contributed by atoms with van der Waals surface area (Å²) in [5, 5.41) is 14.5. The van der Waals surface area contributed by atoms with Gasteiger partial charge in [0, 0.05) is 5.56 Å². The van der Waals surface area contributed by atoms with Gasteiger partial charge in [-0.15, -0.1) is 0 Å². The zero-order valence-electron chi connectivity index (χ0n) is 18.3. The molecule has 3 rings (SSSR count). The lowest BCUT2D eigenvalue weighted by molar-refractivity contribution is -0.113. The lowest BCUT2D eigenvalue weighted by atomic mass is 10.1. The highest BCUT2D eigenvalue weighted by Gasteiger charge is 2.18. The summed E-state index contributed by atoms with van der Waals surface area (Å²) in [6.07, 6.45) is 1.48. The Labute approximate surface area is 204 Å². The SMILES string of the molecule is COc1cc(/C=C(\NC(=O)c2ccccc2)C(=O)Nc2cc(C(=O)O)ccc2OC)ccc1Br. The van der Waals surface area contributed by atoms with E-state index < -0.39 is 17.8 Å². The Kier molecular flexibility index (Phi) is 8.05. The van der Waals surface area contributed by atoms with Crippen LogP contribution in [0.1, 0.15) is 26.3 Å². The van der Waals surface area contributed by atoms with Crippen LogP contribution >= 0.6 is 15.9 Å². The lowest BCUT2D eigenvalue weighted by Gasteiger charge is -2.14. The highest BCUT2D eigenvalue weighted by Crippen LogP contribution is 2.28. The van der Waals surface area contributed by atoms with Gasteiger partial charge in [-0.1, -0.05) is 24.3 Å². The number of hydrogen-bond donors (Lipinski definition) is 3. The molecule has 3 aromatic carbocycles. The quantitative estimate of drug-likeness (QED) is 0.372. The van der Waals surface area contributed by atoms with Crippen LogP contribution in [0.3, 0.4) is 0 Å². The molecule has 3 N–H and O–H groups in total. The number of carboxylic acids is 1. The molecule has 0 heterocycles. The molecule has 0 atom stereocenters. The van der Waals surface area contributed by atoms with Gasteiger partial charge in [-0.3, -0.25) is 9.59 Å². The maximum Gasteiger partial charge on any atom is 0.335 e. The van der Waals surface area contributed by atoms with Crippen LogP contribution in [0.15, 0.2) is 76.9 Å². The predicted octanol–water partition coefficient (Wildman–Crippen LogP) is 4.57. The topological polar surface area (TPSA) is 114 Å². The Morgan fingerprint density at radius 3 is 2.24 bits per heavy atom. The number of hydrogen-bond acceptors (Lipinski definition) is 5. The van der Waals surface area contributed by atoms with Crippen LogP contribution in [0, 0.1) is 0 Å². The van der Waals surface area contributed by atoms with E-state index in [0.717, 1.165) is 4.47 Å². The van der Waals surface area contributed by atoms with Gasteiger partial charge in [0.1, 0.15) is 17.2 Å². The van der Waals surface area contributed by atoms with E-state index in [1.54, 1.807) is 48.5 Å². The van der Waals surface area contributed by atoms with Crippen molar-refractivity contribution in [3.63, 3.8) is 0 Å². The number of nitrogens with one attached hydrogen (secondary N) is 2. The molecule has 0 spiro atoms. The first kappa shape index (κ1) is 24.5. The molecule has 0 unspecified atom stereocenters. The van der Waals surface area contributed by atoms with E-state index in [-0.39, 0.29) is 22.7 Å². The van der Waals surface area contributed by atoms with Crippen molar-refractivity contribution in [1.82, 2.24) is 5.32 Å². The molecule has 174 valence electrons. The number of benzene rings is 3. The Balaban J connectivity index is 1.99. The number of carbonyl (C=O) groups is 3. The summed E-state index contributed by atoms with van der Waals surface area (Å²) in [5.41, 5.74) is 0.985. The largest absolute Gasteiger partial charge is 0.496 e. The number of methoxy groups -OCH3 is 2. The third-order valence-electron chi connectivity index (χ3n) is 4.71. The van der Waals surface area contributed by atoms with Gasteiger partial charge < -0.3 is 25.2 Å². The number of rotatable bonds is 8. The Morgan fingerprint density at radius 2 is 1.59 bits per heavy atom. The number of aromatic carboxylic acids is 1. The minimum absolute atomic E-state index is 0.0346. The second kappa shape index (κ2) is 11.2. The van der Waals surface area contributed by atoms with E-state index in [4.69, 9.17) is 9.47 Å². The minimum atomic E-state index is -1.16. The van der Waals surface area contributed by atoms with Crippen LogP contribution in [-0.4, -0.2) is 37.1 Å². The Morgan fingerprint density at radius 1 is 0.882 bits per heavy atom. The zero-order valence-corrected chi connectivity index (χ0v) is 19.9. The Bertz CT molecular complexity index is 1260. The third-order valence-corrected chi connectivity index (χ3v) is 5.36. The molecule has 0 aliphatic heterocycles. The zero-order chi connectivity index (χ0) is 24.7. The van der Waals surface area contributed by atoms with Gasteiger partial charge >= 0.3 is 5.97 Å². The molecule has 0 fully saturated rings. The predicted molar refractivity (Wildman–Crippen MR) is 131 cm³/mol. The van der Waals surface area contributed by atoms with Crippen LogP contribution in [0.5, 0.6) is 11.5 Å². The molecule has 0 aromatic heterocycles. The van der Waals surface area contributed by atoms with Gasteiger partial charge in [0.25, 0.3) is 11.8 Å². The number of ether oxygens (including phenoxy) is 2. The molecule has 3 aromatic rings. The van der Waals surface area contributed by atoms with Gasteiger partial charge in [0.05, 0.1) is 29.9 Å². The molecule has 0 radical (unpaired) electrons. The summed E-state index contributed by atoms with van der Waals surface area (Å²) < 4.78 is 11.3. The maximum atomic E-state index is 13.2. The van der Waals surface area contributed by atoms with Gasteiger partial charge in [-0.25, -0.2) is 4.79 Å². The van der Waals surface area contributed by atoms with E-state index in [0.29, 0.717) is 16.9 Å². The first-order valence-corrected chi connectivity index (χ1v) is 10.8. The third kappa shape index (κ3) is 6.02. The standard InChI is InChI=1S/C25H21BrN2O6/c1-33-21-11-9-17(25(31)32)14-19(21)27-24(30)20(28-23(29)16-6-4-3-5-7-16)12-15-8-10-18(26)22(13-15)34-2/h3-14H,1-2H3,(H,27,30)(H,28,29)(H,31,32)/b20-12-. The molecule has 0 aliphatic carbocycles. The summed E-state index contributed by atoms with van der Waals surface area (Å²) in [5.74, 6) is -1.52. The van der Waals surface area contributed by atoms with Crippen molar-refractivity contribution in [3.05, 3.63) is 93.6 Å². The van der Waals surface area contributed by atoms with Crippen molar-refractivity contribution in [3.8, 4) is 11.5 Å². The van der Waals surface area contributed by atoms with Crippen LogP contribution in [0.2, 0.25) is 0 Å². The smallest absolute Gasteiger partial charge is 0.335 e. The minimum Gasteiger partial charge on any atom is -0.496 e. The van der Waals surface area contributed by atoms with E-state index >= 15 is 0 Å². The average molecular weight is 525 g/mol.